The monoisotopic (exact) mass is 421 g/mol. The lowest BCUT2D eigenvalue weighted by Crippen LogP contribution is -2.34. The van der Waals surface area contributed by atoms with Gasteiger partial charge in [0.1, 0.15) is 11.9 Å². The van der Waals surface area contributed by atoms with Gasteiger partial charge in [0.2, 0.25) is 0 Å². The van der Waals surface area contributed by atoms with Gasteiger partial charge in [0.05, 0.1) is 6.54 Å². The van der Waals surface area contributed by atoms with Gasteiger partial charge in [0, 0.05) is 19.8 Å². The number of para-hydroxylation sites is 1. The minimum atomic E-state index is -0.0186. The van der Waals surface area contributed by atoms with Crippen LogP contribution in [0.2, 0.25) is 0 Å². The molecule has 0 radical (unpaired) electrons. The van der Waals surface area contributed by atoms with Crippen LogP contribution in [0, 0.1) is 6.92 Å². The van der Waals surface area contributed by atoms with E-state index < -0.39 is 0 Å². The number of benzene rings is 1. The van der Waals surface area contributed by atoms with E-state index in [-0.39, 0.29) is 30.1 Å². The molecule has 0 amide bonds. The van der Waals surface area contributed by atoms with Crippen LogP contribution >= 0.6 is 24.0 Å². The van der Waals surface area contributed by atoms with Crippen molar-refractivity contribution in [1.82, 2.24) is 5.32 Å². The van der Waals surface area contributed by atoms with E-state index >= 15 is 0 Å². The van der Waals surface area contributed by atoms with Crippen LogP contribution in [0.15, 0.2) is 29.3 Å². The first-order chi connectivity index (χ1) is 10.1. The Kier molecular flexibility index (Phi) is 11.9. The van der Waals surface area contributed by atoms with Gasteiger partial charge in [-0.25, -0.2) is 4.99 Å². The molecule has 22 heavy (non-hydrogen) atoms. The fourth-order valence-corrected chi connectivity index (χ4v) is 1.76. The van der Waals surface area contributed by atoms with Gasteiger partial charge >= 0.3 is 0 Å². The van der Waals surface area contributed by atoms with Crippen molar-refractivity contribution >= 4 is 29.9 Å². The normalized spacial score (nSPS) is 12.4. The summed E-state index contributed by atoms with van der Waals surface area (Å²) in [7, 11) is 0. The smallest absolute Gasteiger partial charge is 0.188 e. The van der Waals surface area contributed by atoms with Crippen molar-refractivity contribution < 1.29 is 9.47 Å². The number of hydrogen-bond donors (Lipinski definition) is 2. The van der Waals surface area contributed by atoms with Crippen molar-refractivity contribution in [3.63, 3.8) is 0 Å². The molecule has 1 rings (SSSR count). The van der Waals surface area contributed by atoms with Crippen LogP contribution in [0.5, 0.6) is 5.75 Å². The maximum absolute atomic E-state index is 5.84. The fourth-order valence-electron chi connectivity index (χ4n) is 1.76. The molecule has 0 heterocycles. The van der Waals surface area contributed by atoms with Crippen molar-refractivity contribution in [3.05, 3.63) is 29.8 Å². The zero-order valence-corrected chi connectivity index (χ0v) is 16.0. The molecule has 0 aliphatic carbocycles. The average Bonchev–Trinajstić information content (AvgIpc) is 2.47. The molecular weight excluding hydrogens is 393 g/mol. The predicted octanol–water partition coefficient (Wildman–Crippen LogP) is 2.71. The SMILES string of the molecule is CCOCCCNC(N)=NCC(C)Oc1ccccc1C.I. The highest BCUT2D eigenvalue weighted by Crippen LogP contribution is 2.17. The van der Waals surface area contributed by atoms with Gasteiger partial charge in [0.25, 0.3) is 0 Å². The third-order valence-corrected chi connectivity index (χ3v) is 2.92. The predicted molar refractivity (Wildman–Crippen MR) is 102 cm³/mol. The summed E-state index contributed by atoms with van der Waals surface area (Å²) in [6.45, 7) is 8.78. The Hall–Kier alpha value is -1.02. The quantitative estimate of drug-likeness (QED) is 0.279. The van der Waals surface area contributed by atoms with Crippen LogP contribution in [-0.4, -0.2) is 38.4 Å². The Bertz CT molecular complexity index is 441. The lowest BCUT2D eigenvalue weighted by atomic mass is 10.2. The molecule has 0 saturated carbocycles. The van der Waals surface area contributed by atoms with E-state index in [9.17, 15) is 0 Å². The van der Waals surface area contributed by atoms with Gasteiger partial charge < -0.3 is 20.5 Å². The Labute approximate surface area is 150 Å². The van der Waals surface area contributed by atoms with E-state index in [1.54, 1.807) is 0 Å². The first-order valence-electron chi connectivity index (χ1n) is 7.47. The first-order valence-corrected chi connectivity index (χ1v) is 7.47. The third-order valence-electron chi connectivity index (χ3n) is 2.92. The molecule has 1 aromatic rings. The standard InChI is InChI=1S/C16H27N3O2.HI/c1-4-20-11-7-10-18-16(17)19-12-14(3)21-15-9-6-5-8-13(15)2;/h5-6,8-9,14H,4,7,10-12H2,1-3H3,(H3,17,18,19);1H. The molecule has 3 N–H and O–H groups in total. The molecule has 0 fully saturated rings. The minimum absolute atomic E-state index is 0. The molecule has 0 saturated heterocycles. The highest BCUT2D eigenvalue weighted by Gasteiger charge is 2.05. The number of guanidine groups is 1. The zero-order valence-electron chi connectivity index (χ0n) is 13.7. The van der Waals surface area contributed by atoms with Crippen molar-refractivity contribution in [2.24, 2.45) is 10.7 Å². The number of hydrogen-bond acceptors (Lipinski definition) is 3. The maximum atomic E-state index is 5.84. The van der Waals surface area contributed by atoms with Crippen molar-refractivity contribution in [2.75, 3.05) is 26.3 Å². The summed E-state index contributed by atoms with van der Waals surface area (Å²) < 4.78 is 11.1. The van der Waals surface area contributed by atoms with Gasteiger partial charge in [-0.15, -0.1) is 24.0 Å². The molecule has 5 nitrogen and oxygen atoms in total. The minimum Gasteiger partial charge on any atom is -0.489 e. The highest BCUT2D eigenvalue weighted by molar-refractivity contribution is 14.0. The van der Waals surface area contributed by atoms with Crippen molar-refractivity contribution in [2.45, 2.75) is 33.3 Å². The maximum Gasteiger partial charge on any atom is 0.188 e. The second-order valence-corrected chi connectivity index (χ2v) is 4.90. The molecule has 0 aliphatic rings. The highest BCUT2D eigenvalue weighted by atomic mass is 127. The molecule has 0 bridgehead atoms. The molecular formula is C16H28IN3O2. The second kappa shape index (κ2) is 12.5. The zero-order chi connectivity index (χ0) is 15.5. The van der Waals surface area contributed by atoms with Gasteiger partial charge in [-0.05, 0) is 38.8 Å². The van der Waals surface area contributed by atoms with Crippen LogP contribution < -0.4 is 15.8 Å². The summed E-state index contributed by atoms with van der Waals surface area (Å²) in [4.78, 5) is 4.29. The van der Waals surface area contributed by atoms with Crippen LogP contribution in [0.25, 0.3) is 0 Å². The topological polar surface area (TPSA) is 68.9 Å². The van der Waals surface area contributed by atoms with Gasteiger partial charge in [-0.3, -0.25) is 0 Å². The average molecular weight is 421 g/mol. The van der Waals surface area contributed by atoms with Crippen molar-refractivity contribution in [3.8, 4) is 5.75 Å². The van der Waals surface area contributed by atoms with Crippen LogP contribution in [-0.2, 0) is 4.74 Å². The summed E-state index contributed by atoms with van der Waals surface area (Å²) in [5.74, 6) is 1.34. The van der Waals surface area contributed by atoms with Crippen LogP contribution in [0.3, 0.4) is 0 Å². The summed E-state index contributed by atoms with van der Waals surface area (Å²) in [5.41, 5.74) is 6.92. The number of aliphatic imine (C=N–C) groups is 1. The molecule has 0 aromatic heterocycles. The second-order valence-electron chi connectivity index (χ2n) is 4.90. The Balaban J connectivity index is 0.00000441. The number of ether oxygens (including phenoxy) is 2. The Morgan fingerprint density at radius 3 is 2.77 bits per heavy atom. The van der Waals surface area contributed by atoms with E-state index in [1.807, 2.05) is 45.0 Å². The Morgan fingerprint density at radius 1 is 1.36 bits per heavy atom. The van der Waals surface area contributed by atoms with Crippen LogP contribution in [0.1, 0.15) is 25.8 Å². The molecule has 1 aromatic carbocycles. The number of aryl methyl sites for hydroxylation is 1. The lowest BCUT2D eigenvalue weighted by Gasteiger charge is -2.15. The molecule has 6 heteroatoms. The van der Waals surface area contributed by atoms with E-state index in [0.717, 1.165) is 37.5 Å². The van der Waals surface area contributed by atoms with Crippen molar-refractivity contribution in [1.29, 1.82) is 0 Å². The number of halogens is 1. The van der Waals surface area contributed by atoms with Crippen LogP contribution in [0.4, 0.5) is 0 Å². The fraction of sp³-hybridized carbons (Fsp3) is 0.562. The van der Waals surface area contributed by atoms with E-state index in [1.165, 1.54) is 0 Å². The Morgan fingerprint density at radius 2 is 2.09 bits per heavy atom. The van der Waals surface area contributed by atoms with Gasteiger partial charge in [-0.2, -0.15) is 0 Å². The van der Waals surface area contributed by atoms with E-state index in [4.69, 9.17) is 15.2 Å². The lowest BCUT2D eigenvalue weighted by molar-refractivity contribution is 0.145. The number of nitrogens with two attached hydrogens (primary N) is 1. The van der Waals surface area contributed by atoms with E-state index in [2.05, 4.69) is 10.3 Å². The third kappa shape index (κ3) is 9.09. The summed E-state index contributed by atoms with van der Waals surface area (Å²) in [5, 5.41) is 3.06. The molecule has 1 unspecified atom stereocenters. The number of rotatable bonds is 9. The van der Waals surface area contributed by atoms with E-state index in [0.29, 0.717) is 12.5 Å². The molecule has 126 valence electrons. The van der Waals surface area contributed by atoms with Gasteiger partial charge in [0.15, 0.2) is 5.96 Å². The first kappa shape index (κ1) is 21.0. The summed E-state index contributed by atoms with van der Waals surface area (Å²) >= 11 is 0. The van der Waals surface area contributed by atoms with Gasteiger partial charge in [-0.1, -0.05) is 18.2 Å². The largest absolute Gasteiger partial charge is 0.489 e. The summed E-state index contributed by atoms with van der Waals surface area (Å²) in [6.07, 6.45) is 0.897. The molecule has 1 atom stereocenters. The summed E-state index contributed by atoms with van der Waals surface area (Å²) in [6, 6.07) is 7.95. The molecule has 0 aliphatic heterocycles. The molecule has 0 spiro atoms. The number of nitrogens with zero attached hydrogens (tertiary/aromatic N) is 1. The number of nitrogens with one attached hydrogen (secondary N) is 1.